The molecule has 12 aromatic rings. The Kier molecular flexibility index (Phi) is 9.25. The van der Waals surface area contributed by atoms with E-state index < -0.39 is 0 Å². The van der Waals surface area contributed by atoms with Crippen molar-refractivity contribution in [1.82, 2.24) is 24.9 Å². The molecule has 0 saturated carbocycles. The van der Waals surface area contributed by atoms with Crippen LogP contribution >= 0.6 is 11.3 Å². The topological polar surface area (TPSA) is 90.7 Å². The maximum Gasteiger partial charge on any atom is 0.180 e. The molecule has 0 atom stereocenters. The van der Waals surface area contributed by atoms with Crippen LogP contribution in [-0.4, -0.2) is 24.9 Å². The number of hydrogen-bond donors (Lipinski definition) is 0. The molecule has 0 unspecified atom stereocenters. The summed E-state index contributed by atoms with van der Waals surface area (Å²) in [5.74, 6) is 2.47. The van der Waals surface area contributed by atoms with Crippen LogP contribution in [0.2, 0.25) is 0 Å². The van der Waals surface area contributed by atoms with Gasteiger partial charge in [0, 0.05) is 64.1 Å². The first-order valence-electron chi connectivity index (χ1n) is 20.3. The zero-order valence-corrected chi connectivity index (χ0v) is 34.3. The van der Waals surface area contributed by atoms with Crippen molar-refractivity contribution in [2.45, 2.75) is 6.92 Å². The fourth-order valence-electron chi connectivity index (χ4n) is 8.01. The zero-order valence-electron chi connectivity index (χ0n) is 33.5. The van der Waals surface area contributed by atoms with Gasteiger partial charge in [-0.1, -0.05) is 140 Å². The molecule has 0 fully saturated rings. The van der Waals surface area contributed by atoms with Crippen molar-refractivity contribution in [2.24, 2.45) is 0 Å². The second kappa shape index (κ2) is 15.5. The lowest BCUT2D eigenvalue weighted by Crippen LogP contribution is -2.00. The quantitative estimate of drug-likeness (QED) is 0.154. The summed E-state index contributed by atoms with van der Waals surface area (Å²) < 4.78 is 14.9. The highest BCUT2D eigenvalue weighted by atomic mass is 32.1. The molecule has 8 heteroatoms. The zero-order chi connectivity index (χ0) is 41.6. The van der Waals surface area contributed by atoms with E-state index in [9.17, 15) is 0 Å². The first kappa shape index (κ1) is 37.0. The Morgan fingerprint density at radius 1 is 0.468 bits per heavy atom. The van der Waals surface area contributed by atoms with Crippen LogP contribution in [0.15, 0.2) is 197 Å². The third-order valence-electron chi connectivity index (χ3n) is 10.9. The summed E-state index contributed by atoms with van der Waals surface area (Å²) in [5.41, 5.74) is 9.33. The van der Waals surface area contributed by atoms with Crippen LogP contribution in [0.1, 0.15) is 6.92 Å². The number of nitrogens with zero attached hydrogens (tertiary/aromatic N) is 5. The summed E-state index contributed by atoms with van der Waals surface area (Å²) in [7, 11) is 0. The summed E-state index contributed by atoms with van der Waals surface area (Å²) in [6, 6.07) is 55.3. The summed E-state index contributed by atoms with van der Waals surface area (Å²) in [6.07, 6.45) is 5.58. The van der Waals surface area contributed by atoms with Crippen molar-refractivity contribution in [3.8, 4) is 56.8 Å². The number of para-hydroxylation sites is 2. The maximum absolute atomic E-state index is 6.46. The molecule has 5 aromatic heterocycles. The number of fused-ring (bicyclic) bond motifs is 9. The molecule has 0 spiro atoms. The van der Waals surface area contributed by atoms with Crippen molar-refractivity contribution >= 4 is 75.5 Å². The van der Waals surface area contributed by atoms with E-state index in [0.29, 0.717) is 28.9 Å². The molecule has 0 aliphatic rings. The van der Waals surface area contributed by atoms with Crippen LogP contribution in [0.4, 0.5) is 0 Å². The van der Waals surface area contributed by atoms with E-state index in [-0.39, 0.29) is 0 Å². The van der Waals surface area contributed by atoms with Crippen molar-refractivity contribution in [3.63, 3.8) is 0 Å². The molecule has 0 aliphatic heterocycles. The van der Waals surface area contributed by atoms with Gasteiger partial charge in [-0.25, -0.2) is 24.9 Å². The van der Waals surface area contributed by atoms with Gasteiger partial charge < -0.3 is 8.83 Å². The molecule has 294 valence electrons. The average Bonchev–Trinajstić information content (AvgIpc) is 4.03. The molecule has 0 bridgehead atoms. The smallest absolute Gasteiger partial charge is 0.180 e. The number of benzene rings is 7. The number of furan rings is 2. The standard InChI is InChI=1S/C49H27N5O2S.C5H8/c1-3-12-28(13-4-1)46-50-43(45-44(51-46)33-17-8-10-20-38(33)56-45)30-22-24-34-41(27-30)57-40-21-11-18-35(42(34)40)49-53-47(29-14-5-2-6-15-29)52-48(54-49)31-23-25-39-36(26-31)32-16-7-9-19-37(32)55-39;1-3-5-4-2/h1-27H;3-5H,1H2,2H3/b;5-4-. The fraction of sp³-hybridized carbons (Fsp3) is 0.0185. The van der Waals surface area contributed by atoms with E-state index >= 15 is 0 Å². The lowest BCUT2D eigenvalue weighted by Gasteiger charge is -2.10. The summed E-state index contributed by atoms with van der Waals surface area (Å²) >= 11 is 1.74. The highest BCUT2D eigenvalue weighted by molar-refractivity contribution is 7.26. The van der Waals surface area contributed by atoms with E-state index in [2.05, 4.69) is 61.2 Å². The summed E-state index contributed by atoms with van der Waals surface area (Å²) in [5, 5.41) is 5.25. The van der Waals surface area contributed by atoms with E-state index in [0.717, 1.165) is 92.1 Å². The molecule has 7 nitrogen and oxygen atoms in total. The lowest BCUT2D eigenvalue weighted by atomic mass is 10.0. The number of allylic oxidation sites excluding steroid dienone is 3. The van der Waals surface area contributed by atoms with Gasteiger partial charge >= 0.3 is 0 Å². The number of thiophene rings is 1. The Labute approximate surface area is 360 Å². The predicted molar refractivity (Wildman–Crippen MR) is 255 cm³/mol. The first-order valence-corrected chi connectivity index (χ1v) is 21.1. The second-order valence-electron chi connectivity index (χ2n) is 14.8. The molecule has 5 heterocycles. The van der Waals surface area contributed by atoms with Gasteiger partial charge in [0.05, 0.1) is 0 Å². The van der Waals surface area contributed by atoms with Gasteiger partial charge in [-0.3, -0.25) is 0 Å². The largest absolute Gasteiger partial charge is 0.456 e. The van der Waals surface area contributed by atoms with E-state index in [1.807, 2.05) is 128 Å². The van der Waals surface area contributed by atoms with Crippen molar-refractivity contribution in [3.05, 3.63) is 189 Å². The first-order chi connectivity index (χ1) is 30.6. The molecule has 7 aromatic carbocycles. The van der Waals surface area contributed by atoms with Gasteiger partial charge in [0.1, 0.15) is 28.0 Å². The SMILES string of the molecule is C=C/C=C\C.c1ccc(-c2nc(-c3ccc4oc5ccccc5c4c3)nc(-c3cccc4sc5cc(-c6nc(-c7ccccc7)nc7c6oc6ccccc67)ccc5c34)n2)cc1. The summed E-state index contributed by atoms with van der Waals surface area (Å²) in [4.78, 5) is 25.5. The van der Waals surface area contributed by atoms with Crippen LogP contribution < -0.4 is 0 Å². The number of hydrogen-bond acceptors (Lipinski definition) is 8. The highest BCUT2D eigenvalue weighted by Gasteiger charge is 2.21. The molecule has 0 saturated heterocycles. The number of aromatic nitrogens is 5. The van der Waals surface area contributed by atoms with Gasteiger partial charge in [0.25, 0.3) is 0 Å². The molecule has 62 heavy (non-hydrogen) atoms. The van der Waals surface area contributed by atoms with Crippen LogP contribution in [0, 0.1) is 0 Å². The van der Waals surface area contributed by atoms with Gasteiger partial charge in [-0.15, -0.1) is 11.3 Å². The molecule has 0 N–H and O–H groups in total. The number of rotatable bonds is 6. The maximum atomic E-state index is 6.46. The van der Waals surface area contributed by atoms with Crippen LogP contribution in [-0.2, 0) is 0 Å². The van der Waals surface area contributed by atoms with Crippen LogP contribution in [0.5, 0.6) is 0 Å². The molecule has 0 aliphatic carbocycles. The minimum Gasteiger partial charge on any atom is -0.456 e. The van der Waals surface area contributed by atoms with Crippen LogP contribution in [0.25, 0.3) is 121 Å². The summed E-state index contributed by atoms with van der Waals surface area (Å²) in [6.45, 7) is 5.42. The fourth-order valence-corrected chi connectivity index (χ4v) is 9.18. The van der Waals surface area contributed by atoms with Crippen molar-refractivity contribution in [2.75, 3.05) is 0 Å². The van der Waals surface area contributed by atoms with E-state index in [1.54, 1.807) is 17.4 Å². The van der Waals surface area contributed by atoms with Crippen LogP contribution in [0.3, 0.4) is 0 Å². The molecule has 12 rings (SSSR count). The Bertz CT molecular complexity index is 3680. The molecular formula is C54H35N5O2S. The van der Waals surface area contributed by atoms with Gasteiger partial charge in [0.2, 0.25) is 0 Å². The van der Waals surface area contributed by atoms with E-state index in [1.165, 1.54) is 0 Å². The molecule has 0 radical (unpaired) electrons. The Morgan fingerprint density at radius 3 is 1.82 bits per heavy atom. The second-order valence-corrected chi connectivity index (χ2v) is 15.9. The monoisotopic (exact) mass is 817 g/mol. The average molecular weight is 818 g/mol. The van der Waals surface area contributed by atoms with Crippen molar-refractivity contribution in [1.29, 1.82) is 0 Å². The third kappa shape index (κ3) is 6.50. The normalized spacial score (nSPS) is 11.6. The predicted octanol–water partition coefficient (Wildman–Crippen LogP) is 14.9. The Hall–Kier alpha value is -8.07. The van der Waals surface area contributed by atoms with Crippen molar-refractivity contribution < 1.29 is 8.83 Å². The van der Waals surface area contributed by atoms with Gasteiger partial charge in [0.15, 0.2) is 28.9 Å². The Morgan fingerprint density at radius 2 is 1.10 bits per heavy atom. The molecular weight excluding hydrogens is 783 g/mol. The minimum absolute atomic E-state index is 0.595. The van der Waals surface area contributed by atoms with Gasteiger partial charge in [-0.2, -0.15) is 0 Å². The highest BCUT2D eigenvalue weighted by Crippen LogP contribution is 2.43. The third-order valence-corrected chi connectivity index (χ3v) is 12.0. The Balaban J connectivity index is 0.000000820. The lowest BCUT2D eigenvalue weighted by molar-refractivity contribution is 0.667. The minimum atomic E-state index is 0.595. The van der Waals surface area contributed by atoms with Gasteiger partial charge in [-0.05, 0) is 55.5 Å². The molecule has 0 amide bonds. The van der Waals surface area contributed by atoms with E-state index in [4.69, 9.17) is 33.8 Å².